The summed E-state index contributed by atoms with van der Waals surface area (Å²) in [6.07, 6.45) is 2.62. The third-order valence-electron chi connectivity index (χ3n) is 4.85. The van der Waals surface area contributed by atoms with Crippen LogP contribution in [0.15, 0.2) is 35.5 Å². The number of rotatable bonds is 7. The van der Waals surface area contributed by atoms with E-state index in [0.29, 0.717) is 24.2 Å². The van der Waals surface area contributed by atoms with Crippen LogP contribution in [0.2, 0.25) is 0 Å². The van der Waals surface area contributed by atoms with Crippen LogP contribution in [0.4, 0.5) is 0 Å². The molecule has 2 aromatic rings. The minimum Gasteiger partial charge on any atom is -0.334 e. The van der Waals surface area contributed by atoms with Gasteiger partial charge in [0.25, 0.3) is 0 Å². The molecule has 2 fully saturated rings. The Morgan fingerprint density at radius 1 is 1.22 bits per heavy atom. The third kappa shape index (κ3) is 4.49. The number of tetrazole rings is 1. The molecule has 0 bridgehead atoms. The Balaban J connectivity index is 1.47. The van der Waals surface area contributed by atoms with Gasteiger partial charge in [-0.2, -0.15) is 0 Å². The molecule has 1 aliphatic carbocycles. The second-order valence-electron chi connectivity index (χ2n) is 6.99. The van der Waals surface area contributed by atoms with Gasteiger partial charge in [-0.15, -0.1) is 5.10 Å². The summed E-state index contributed by atoms with van der Waals surface area (Å²) < 4.78 is 25.6. The molecule has 0 N–H and O–H groups in total. The molecular formula is C17H21N5O3S2. The first kappa shape index (κ1) is 18.4. The Morgan fingerprint density at radius 2 is 2.00 bits per heavy atom. The van der Waals surface area contributed by atoms with Crippen molar-refractivity contribution in [3.8, 4) is 0 Å². The van der Waals surface area contributed by atoms with Gasteiger partial charge in [-0.05, 0) is 35.3 Å². The zero-order valence-corrected chi connectivity index (χ0v) is 16.4. The van der Waals surface area contributed by atoms with Crippen LogP contribution < -0.4 is 0 Å². The number of aromatic nitrogens is 4. The fourth-order valence-corrected chi connectivity index (χ4v) is 5.82. The highest BCUT2D eigenvalue weighted by Gasteiger charge is 2.35. The lowest BCUT2D eigenvalue weighted by molar-refractivity contribution is -0.130. The lowest BCUT2D eigenvalue weighted by Gasteiger charge is -2.28. The monoisotopic (exact) mass is 407 g/mol. The fraction of sp³-hybridized carbons (Fsp3) is 0.529. The van der Waals surface area contributed by atoms with E-state index < -0.39 is 9.84 Å². The standard InChI is InChI=1S/C17H21N5O3S2/c23-16(11-26-17-18-19-20-22(17)14-6-7-14)21(10-13-4-2-1-3-5-13)15-8-9-27(24,25)12-15/h1-5,14-15H,6-12H2/t15-/m0/s1. The molecule has 0 spiro atoms. The molecule has 27 heavy (non-hydrogen) atoms. The van der Waals surface area contributed by atoms with Crippen molar-refractivity contribution in [1.29, 1.82) is 0 Å². The number of hydrogen-bond acceptors (Lipinski definition) is 7. The van der Waals surface area contributed by atoms with Gasteiger partial charge in [-0.25, -0.2) is 13.1 Å². The second kappa shape index (κ2) is 7.59. The lowest BCUT2D eigenvalue weighted by Crippen LogP contribution is -2.41. The Labute approximate surface area is 162 Å². The van der Waals surface area contributed by atoms with E-state index in [1.165, 1.54) is 11.8 Å². The first-order chi connectivity index (χ1) is 13.0. The minimum atomic E-state index is -3.07. The molecular weight excluding hydrogens is 386 g/mol. The Hall–Kier alpha value is -1.94. The minimum absolute atomic E-state index is 0.0378. The Kier molecular flexibility index (Phi) is 5.18. The van der Waals surface area contributed by atoms with Crippen LogP contribution in [0.25, 0.3) is 0 Å². The first-order valence-electron chi connectivity index (χ1n) is 8.96. The molecule has 1 saturated heterocycles. The maximum Gasteiger partial charge on any atom is 0.233 e. The van der Waals surface area contributed by atoms with E-state index in [-0.39, 0.29) is 29.2 Å². The van der Waals surface area contributed by atoms with Crippen LogP contribution in [-0.2, 0) is 21.2 Å². The molecule has 0 unspecified atom stereocenters. The number of sulfone groups is 1. The molecule has 2 heterocycles. The van der Waals surface area contributed by atoms with Crippen molar-refractivity contribution >= 4 is 27.5 Å². The number of carbonyl (C=O) groups excluding carboxylic acids is 1. The van der Waals surface area contributed by atoms with Crippen molar-refractivity contribution in [3.63, 3.8) is 0 Å². The van der Waals surface area contributed by atoms with Crippen molar-refractivity contribution < 1.29 is 13.2 Å². The third-order valence-corrected chi connectivity index (χ3v) is 7.51. The molecule has 1 atom stereocenters. The lowest BCUT2D eigenvalue weighted by atomic mass is 10.1. The number of thioether (sulfide) groups is 1. The van der Waals surface area contributed by atoms with Crippen LogP contribution in [0.3, 0.4) is 0 Å². The molecule has 0 radical (unpaired) electrons. The first-order valence-corrected chi connectivity index (χ1v) is 11.8. The van der Waals surface area contributed by atoms with Crippen LogP contribution in [0.1, 0.15) is 30.9 Å². The number of benzene rings is 1. The SMILES string of the molecule is O=C(CSc1nnnn1C1CC1)N(Cc1ccccc1)[C@H]1CCS(=O)(=O)C1. The smallest absolute Gasteiger partial charge is 0.233 e. The van der Waals surface area contributed by atoms with Gasteiger partial charge in [0.05, 0.1) is 23.3 Å². The summed E-state index contributed by atoms with van der Waals surface area (Å²) in [7, 11) is -3.07. The van der Waals surface area contributed by atoms with Gasteiger partial charge < -0.3 is 4.90 Å². The number of nitrogens with zero attached hydrogens (tertiary/aromatic N) is 5. The van der Waals surface area contributed by atoms with Gasteiger partial charge in [0, 0.05) is 12.6 Å². The summed E-state index contributed by atoms with van der Waals surface area (Å²) in [6.45, 7) is 0.411. The molecule has 1 amide bonds. The number of amides is 1. The molecule has 1 aromatic carbocycles. The van der Waals surface area contributed by atoms with Gasteiger partial charge in [-0.3, -0.25) is 4.79 Å². The van der Waals surface area contributed by atoms with Crippen LogP contribution >= 0.6 is 11.8 Å². The summed E-state index contributed by atoms with van der Waals surface area (Å²) in [5, 5.41) is 12.4. The van der Waals surface area contributed by atoms with E-state index in [1.54, 1.807) is 9.58 Å². The summed E-state index contributed by atoms with van der Waals surface area (Å²) >= 11 is 1.31. The largest absolute Gasteiger partial charge is 0.334 e. The van der Waals surface area contributed by atoms with Crippen molar-refractivity contribution in [2.75, 3.05) is 17.3 Å². The van der Waals surface area contributed by atoms with E-state index in [4.69, 9.17) is 0 Å². The molecule has 144 valence electrons. The normalized spacial score (nSPS) is 21.3. The molecule has 1 aromatic heterocycles. The van der Waals surface area contributed by atoms with Crippen molar-refractivity contribution in [2.45, 2.75) is 43.0 Å². The summed E-state index contributed by atoms with van der Waals surface area (Å²) in [4.78, 5) is 14.7. The highest BCUT2D eigenvalue weighted by atomic mass is 32.2. The zero-order chi connectivity index (χ0) is 18.9. The quantitative estimate of drug-likeness (QED) is 0.638. The Morgan fingerprint density at radius 3 is 2.67 bits per heavy atom. The summed E-state index contributed by atoms with van der Waals surface area (Å²) in [5.74, 6) is 0.284. The van der Waals surface area contributed by atoms with Gasteiger partial charge in [-0.1, -0.05) is 42.1 Å². The van der Waals surface area contributed by atoms with E-state index in [9.17, 15) is 13.2 Å². The van der Waals surface area contributed by atoms with Gasteiger partial charge in [0.2, 0.25) is 11.1 Å². The van der Waals surface area contributed by atoms with Crippen molar-refractivity contribution in [2.24, 2.45) is 0 Å². The maximum atomic E-state index is 13.0. The number of carbonyl (C=O) groups is 1. The van der Waals surface area contributed by atoms with Gasteiger partial charge in [0.15, 0.2) is 9.84 Å². The van der Waals surface area contributed by atoms with Crippen LogP contribution in [-0.4, -0.2) is 62.7 Å². The predicted molar refractivity (Wildman–Crippen MR) is 101 cm³/mol. The van der Waals surface area contributed by atoms with E-state index in [2.05, 4.69) is 15.5 Å². The maximum absolute atomic E-state index is 13.0. The average molecular weight is 408 g/mol. The van der Waals surface area contributed by atoms with Gasteiger partial charge >= 0.3 is 0 Å². The van der Waals surface area contributed by atoms with Crippen molar-refractivity contribution in [1.82, 2.24) is 25.1 Å². The van der Waals surface area contributed by atoms with Gasteiger partial charge in [0.1, 0.15) is 0 Å². The highest BCUT2D eigenvalue weighted by Crippen LogP contribution is 2.36. The summed E-state index contributed by atoms with van der Waals surface area (Å²) in [6, 6.07) is 9.72. The topological polar surface area (TPSA) is 98.1 Å². The van der Waals surface area contributed by atoms with Crippen molar-refractivity contribution in [3.05, 3.63) is 35.9 Å². The molecule has 2 aliphatic rings. The van der Waals surface area contributed by atoms with Crippen LogP contribution in [0, 0.1) is 0 Å². The molecule has 1 aliphatic heterocycles. The summed E-state index contributed by atoms with van der Waals surface area (Å²) in [5.41, 5.74) is 0.989. The second-order valence-corrected chi connectivity index (χ2v) is 10.2. The highest BCUT2D eigenvalue weighted by molar-refractivity contribution is 7.99. The average Bonchev–Trinajstić information content (AvgIpc) is 3.28. The zero-order valence-electron chi connectivity index (χ0n) is 14.8. The fourth-order valence-electron chi connectivity index (χ4n) is 3.26. The van der Waals surface area contributed by atoms with E-state index in [1.807, 2.05) is 30.3 Å². The molecule has 4 rings (SSSR count). The molecule has 10 heteroatoms. The van der Waals surface area contributed by atoms with E-state index in [0.717, 1.165) is 18.4 Å². The van der Waals surface area contributed by atoms with E-state index >= 15 is 0 Å². The Bertz CT molecular complexity index is 912. The number of hydrogen-bond donors (Lipinski definition) is 0. The van der Waals surface area contributed by atoms with Crippen LogP contribution in [0.5, 0.6) is 0 Å². The molecule has 1 saturated carbocycles. The molecule has 8 nitrogen and oxygen atoms in total. The predicted octanol–water partition coefficient (Wildman–Crippen LogP) is 1.32.